The van der Waals surface area contributed by atoms with Crippen LogP contribution in [-0.4, -0.2) is 32.0 Å². The SMILES string of the molecule is CCc1c(C(=O)O)nnn1C(C)C(=O)Nc1cccc(C)c1C. The molecule has 1 aromatic carbocycles. The molecular formula is C16H20N4O3. The number of amides is 1. The number of carboxylic acids is 1. The van der Waals surface area contributed by atoms with E-state index in [1.165, 1.54) is 4.68 Å². The number of carboxylic acid groups (broad SMARTS) is 1. The van der Waals surface area contributed by atoms with Crippen molar-refractivity contribution in [2.24, 2.45) is 0 Å². The number of nitrogens with one attached hydrogen (secondary N) is 1. The van der Waals surface area contributed by atoms with Crippen molar-refractivity contribution < 1.29 is 14.7 Å². The van der Waals surface area contributed by atoms with Crippen LogP contribution in [0.3, 0.4) is 0 Å². The minimum Gasteiger partial charge on any atom is -0.476 e. The van der Waals surface area contributed by atoms with Crippen molar-refractivity contribution in [2.75, 3.05) is 5.32 Å². The normalized spacial score (nSPS) is 12.0. The predicted octanol–water partition coefficient (Wildman–Crippen LogP) is 2.36. The van der Waals surface area contributed by atoms with Gasteiger partial charge in [0, 0.05) is 5.69 Å². The Labute approximate surface area is 134 Å². The minimum absolute atomic E-state index is 0.112. The summed E-state index contributed by atoms with van der Waals surface area (Å²) in [5.74, 6) is -1.41. The molecule has 0 aliphatic carbocycles. The third-order valence-corrected chi connectivity index (χ3v) is 3.94. The highest BCUT2D eigenvalue weighted by Crippen LogP contribution is 2.20. The third kappa shape index (κ3) is 3.23. The van der Waals surface area contributed by atoms with Crippen molar-refractivity contribution in [1.29, 1.82) is 0 Å². The van der Waals surface area contributed by atoms with Crippen molar-refractivity contribution in [3.05, 3.63) is 40.7 Å². The fourth-order valence-corrected chi connectivity index (χ4v) is 2.35. The number of carbonyl (C=O) groups excluding carboxylic acids is 1. The summed E-state index contributed by atoms with van der Waals surface area (Å²) in [7, 11) is 0. The highest BCUT2D eigenvalue weighted by atomic mass is 16.4. The van der Waals surface area contributed by atoms with Crippen molar-refractivity contribution >= 4 is 17.6 Å². The molecule has 0 bridgehead atoms. The lowest BCUT2D eigenvalue weighted by molar-refractivity contribution is -0.119. The van der Waals surface area contributed by atoms with Crippen LogP contribution in [0.2, 0.25) is 0 Å². The Morgan fingerprint density at radius 3 is 2.65 bits per heavy atom. The Bertz CT molecular complexity index is 752. The summed E-state index contributed by atoms with van der Waals surface area (Å²) in [6.45, 7) is 7.38. The van der Waals surface area contributed by atoms with E-state index >= 15 is 0 Å². The van der Waals surface area contributed by atoms with E-state index in [0.717, 1.165) is 16.8 Å². The molecule has 2 rings (SSSR count). The highest BCUT2D eigenvalue weighted by Gasteiger charge is 2.24. The minimum atomic E-state index is -1.14. The molecule has 122 valence electrons. The van der Waals surface area contributed by atoms with Crippen molar-refractivity contribution in [3.63, 3.8) is 0 Å². The molecule has 1 heterocycles. The van der Waals surface area contributed by atoms with Gasteiger partial charge in [0.2, 0.25) is 5.91 Å². The number of aromatic carboxylic acids is 1. The third-order valence-electron chi connectivity index (χ3n) is 3.94. The first-order valence-corrected chi connectivity index (χ1v) is 7.41. The Morgan fingerprint density at radius 2 is 2.04 bits per heavy atom. The van der Waals surface area contributed by atoms with E-state index in [2.05, 4.69) is 15.6 Å². The summed E-state index contributed by atoms with van der Waals surface area (Å²) in [5, 5.41) is 19.5. The standard InChI is InChI=1S/C16H20N4O3/c1-5-13-14(16(22)23)18-19-20(13)11(4)15(21)17-12-8-6-7-9(2)10(12)3/h6-8,11H,5H2,1-4H3,(H,17,21)(H,22,23). The quantitative estimate of drug-likeness (QED) is 0.882. The van der Waals surface area contributed by atoms with Gasteiger partial charge in [0.15, 0.2) is 5.69 Å². The van der Waals surface area contributed by atoms with Crippen LogP contribution in [0.4, 0.5) is 5.69 Å². The van der Waals surface area contributed by atoms with E-state index in [1.54, 1.807) is 13.8 Å². The number of aryl methyl sites for hydroxylation is 1. The van der Waals surface area contributed by atoms with E-state index in [1.807, 2.05) is 32.0 Å². The Kier molecular flexibility index (Phi) is 4.78. The summed E-state index contributed by atoms with van der Waals surface area (Å²) in [6.07, 6.45) is 0.426. The topological polar surface area (TPSA) is 97.1 Å². The first-order chi connectivity index (χ1) is 10.9. The van der Waals surface area contributed by atoms with Gasteiger partial charge >= 0.3 is 5.97 Å². The number of carbonyl (C=O) groups is 2. The van der Waals surface area contributed by atoms with Gasteiger partial charge in [0.1, 0.15) is 6.04 Å². The first kappa shape index (κ1) is 16.7. The fourth-order valence-electron chi connectivity index (χ4n) is 2.35. The number of benzene rings is 1. The second-order valence-corrected chi connectivity index (χ2v) is 5.40. The average Bonchev–Trinajstić information content (AvgIpc) is 2.95. The molecular weight excluding hydrogens is 296 g/mol. The number of rotatable bonds is 5. The molecule has 1 unspecified atom stereocenters. The summed E-state index contributed by atoms with van der Waals surface area (Å²) in [5.41, 5.74) is 3.13. The smallest absolute Gasteiger partial charge is 0.358 e. The number of hydrogen-bond donors (Lipinski definition) is 2. The van der Waals surface area contributed by atoms with Gasteiger partial charge in [-0.05, 0) is 44.4 Å². The largest absolute Gasteiger partial charge is 0.476 e. The molecule has 7 heteroatoms. The van der Waals surface area contributed by atoms with E-state index in [4.69, 9.17) is 5.11 Å². The molecule has 2 N–H and O–H groups in total. The molecule has 1 atom stereocenters. The number of nitrogens with zero attached hydrogens (tertiary/aromatic N) is 3. The molecule has 1 amide bonds. The number of aromatic nitrogens is 3. The van der Waals surface area contributed by atoms with Gasteiger partial charge in [-0.3, -0.25) is 4.79 Å². The summed E-state index contributed by atoms with van der Waals surface area (Å²) >= 11 is 0. The molecule has 7 nitrogen and oxygen atoms in total. The zero-order valence-corrected chi connectivity index (χ0v) is 13.6. The molecule has 0 aliphatic heterocycles. The van der Waals surface area contributed by atoms with Crippen LogP contribution in [0.1, 0.15) is 47.2 Å². The van der Waals surface area contributed by atoms with Gasteiger partial charge in [0.25, 0.3) is 0 Å². The maximum atomic E-state index is 12.5. The predicted molar refractivity (Wildman–Crippen MR) is 85.6 cm³/mol. The molecule has 2 aromatic rings. The summed E-state index contributed by atoms with van der Waals surface area (Å²) in [4.78, 5) is 23.6. The first-order valence-electron chi connectivity index (χ1n) is 7.41. The summed E-state index contributed by atoms with van der Waals surface area (Å²) < 4.78 is 1.36. The molecule has 0 saturated carbocycles. The molecule has 0 spiro atoms. The zero-order valence-electron chi connectivity index (χ0n) is 13.6. The van der Waals surface area contributed by atoms with Crippen LogP contribution in [0.15, 0.2) is 18.2 Å². The van der Waals surface area contributed by atoms with Crippen LogP contribution in [0.5, 0.6) is 0 Å². The van der Waals surface area contributed by atoms with Gasteiger partial charge in [-0.1, -0.05) is 24.3 Å². The van der Waals surface area contributed by atoms with Crippen molar-refractivity contribution in [3.8, 4) is 0 Å². The Balaban J connectivity index is 2.27. The van der Waals surface area contributed by atoms with E-state index < -0.39 is 12.0 Å². The molecule has 23 heavy (non-hydrogen) atoms. The monoisotopic (exact) mass is 316 g/mol. The second kappa shape index (κ2) is 6.60. The zero-order chi connectivity index (χ0) is 17.1. The molecule has 0 saturated heterocycles. The van der Waals surface area contributed by atoms with Crippen LogP contribution < -0.4 is 5.32 Å². The van der Waals surface area contributed by atoms with Crippen LogP contribution in [-0.2, 0) is 11.2 Å². The molecule has 1 aromatic heterocycles. The Hall–Kier alpha value is -2.70. The van der Waals surface area contributed by atoms with Crippen LogP contribution in [0.25, 0.3) is 0 Å². The lowest BCUT2D eigenvalue weighted by Gasteiger charge is -2.16. The van der Waals surface area contributed by atoms with Gasteiger partial charge < -0.3 is 10.4 Å². The molecule has 0 aliphatic rings. The van der Waals surface area contributed by atoms with Gasteiger partial charge in [-0.15, -0.1) is 5.10 Å². The lowest BCUT2D eigenvalue weighted by Crippen LogP contribution is -2.26. The van der Waals surface area contributed by atoms with Gasteiger partial charge in [-0.2, -0.15) is 0 Å². The Morgan fingerprint density at radius 1 is 1.35 bits per heavy atom. The number of hydrogen-bond acceptors (Lipinski definition) is 4. The number of anilines is 1. The van der Waals surface area contributed by atoms with Crippen LogP contribution in [0, 0.1) is 13.8 Å². The summed E-state index contributed by atoms with van der Waals surface area (Å²) in [6, 6.07) is 5.01. The lowest BCUT2D eigenvalue weighted by atomic mass is 10.1. The second-order valence-electron chi connectivity index (χ2n) is 5.40. The van der Waals surface area contributed by atoms with Gasteiger partial charge in [-0.25, -0.2) is 9.48 Å². The highest BCUT2D eigenvalue weighted by molar-refractivity contribution is 5.94. The molecule has 0 fully saturated rings. The maximum Gasteiger partial charge on any atom is 0.358 e. The fraction of sp³-hybridized carbons (Fsp3) is 0.375. The van der Waals surface area contributed by atoms with E-state index in [0.29, 0.717) is 12.1 Å². The van der Waals surface area contributed by atoms with Crippen LogP contribution >= 0.6 is 0 Å². The van der Waals surface area contributed by atoms with Crippen molar-refractivity contribution in [2.45, 2.75) is 40.2 Å². The van der Waals surface area contributed by atoms with E-state index in [-0.39, 0.29) is 11.6 Å². The van der Waals surface area contributed by atoms with Crippen molar-refractivity contribution in [1.82, 2.24) is 15.0 Å². The van der Waals surface area contributed by atoms with E-state index in [9.17, 15) is 9.59 Å². The molecule has 0 radical (unpaired) electrons. The van der Waals surface area contributed by atoms with Gasteiger partial charge in [0.05, 0.1) is 5.69 Å². The average molecular weight is 316 g/mol. The maximum absolute atomic E-state index is 12.5.